The molecule has 3 atom stereocenters. The molecule has 1 saturated carbocycles. The lowest BCUT2D eigenvalue weighted by atomic mass is 10.1. The van der Waals surface area contributed by atoms with Gasteiger partial charge in [0.1, 0.15) is 6.04 Å². The van der Waals surface area contributed by atoms with E-state index in [9.17, 15) is 9.59 Å². The van der Waals surface area contributed by atoms with Gasteiger partial charge in [0, 0.05) is 13.6 Å². The first kappa shape index (κ1) is 13.8. The summed E-state index contributed by atoms with van der Waals surface area (Å²) in [4.78, 5) is 24.3. The predicted octanol–water partition coefficient (Wildman–Crippen LogP) is 1.39. The monoisotopic (exact) mass is 242 g/mol. The Morgan fingerprint density at radius 1 is 1.47 bits per heavy atom. The average molecular weight is 242 g/mol. The lowest BCUT2D eigenvalue weighted by molar-refractivity contribution is -0.140. The van der Waals surface area contributed by atoms with Crippen molar-refractivity contribution in [1.82, 2.24) is 10.2 Å². The SMILES string of the molecule is CC(C)C(NC(=O)N(C)CC1CC1C)C(=O)O. The highest BCUT2D eigenvalue weighted by Crippen LogP contribution is 2.37. The molecule has 98 valence electrons. The van der Waals surface area contributed by atoms with Crippen LogP contribution in [0.4, 0.5) is 4.79 Å². The molecule has 1 aliphatic rings. The summed E-state index contributed by atoms with van der Waals surface area (Å²) in [5, 5.41) is 11.5. The third kappa shape index (κ3) is 3.91. The second-order valence-corrected chi connectivity index (χ2v) is 5.36. The van der Waals surface area contributed by atoms with Gasteiger partial charge >= 0.3 is 12.0 Å². The summed E-state index contributed by atoms with van der Waals surface area (Å²) in [7, 11) is 1.71. The number of hydrogen-bond acceptors (Lipinski definition) is 2. The van der Waals surface area contributed by atoms with Crippen molar-refractivity contribution in [1.29, 1.82) is 0 Å². The van der Waals surface area contributed by atoms with Crippen molar-refractivity contribution in [2.75, 3.05) is 13.6 Å². The Balaban J connectivity index is 2.43. The largest absolute Gasteiger partial charge is 0.480 e. The fourth-order valence-electron chi connectivity index (χ4n) is 1.84. The molecule has 0 aliphatic heterocycles. The van der Waals surface area contributed by atoms with Gasteiger partial charge in [-0.3, -0.25) is 0 Å². The number of carboxylic acids is 1. The molecular weight excluding hydrogens is 220 g/mol. The van der Waals surface area contributed by atoms with Crippen molar-refractivity contribution < 1.29 is 14.7 Å². The highest BCUT2D eigenvalue weighted by atomic mass is 16.4. The third-order valence-electron chi connectivity index (χ3n) is 3.34. The molecule has 1 aliphatic carbocycles. The number of hydrogen-bond donors (Lipinski definition) is 2. The minimum Gasteiger partial charge on any atom is -0.480 e. The summed E-state index contributed by atoms with van der Waals surface area (Å²) in [5.41, 5.74) is 0. The smallest absolute Gasteiger partial charge is 0.326 e. The van der Waals surface area contributed by atoms with Crippen LogP contribution in [0.25, 0.3) is 0 Å². The van der Waals surface area contributed by atoms with Crippen molar-refractivity contribution in [2.45, 2.75) is 33.2 Å². The van der Waals surface area contributed by atoms with Gasteiger partial charge in [0.15, 0.2) is 0 Å². The molecular formula is C12H22N2O3. The Kier molecular flexibility index (Phi) is 4.37. The van der Waals surface area contributed by atoms with E-state index in [0.29, 0.717) is 18.4 Å². The van der Waals surface area contributed by atoms with E-state index in [1.54, 1.807) is 25.8 Å². The van der Waals surface area contributed by atoms with E-state index in [4.69, 9.17) is 5.11 Å². The summed E-state index contributed by atoms with van der Waals surface area (Å²) in [6.07, 6.45) is 1.16. The minimum absolute atomic E-state index is 0.121. The maximum absolute atomic E-state index is 11.8. The van der Waals surface area contributed by atoms with Crippen molar-refractivity contribution in [3.8, 4) is 0 Å². The normalized spacial score (nSPS) is 24.3. The highest BCUT2D eigenvalue weighted by molar-refractivity contribution is 5.82. The lowest BCUT2D eigenvalue weighted by Gasteiger charge is -2.23. The van der Waals surface area contributed by atoms with Crippen LogP contribution in [0.2, 0.25) is 0 Å². The second-order valence-electron chi connectivity index (χ2n) is 5.36. The van der Waals surface area contributed by atoms with E-state index in [1.807, 2.05) is 0 Å². The van der Waals surface area contributed by atoms with Gasteiger partial charge in [0.25, 0.3) is 0 Å². The molecule has 0 radical (unpaired) electrons. The van der Waals surface area contributed by atoms with Gasteiger partial charge in [-0.15, -0.1) is 0 Å². The molecule has 3 unspecified atom stereocenters. The number of carbonyl (C=O) groups excluding carboxylic acids is 1. The van der Waals surface area contributed by atoms with Crippen LogP contribution in [-0.4, -0.2) is 41.6 Å². The maximum atomic E-state index is 11.8. The third-order valence-corrected chi connectivity index (χ3v) is 3.34. The van der Waals surface area contributed by atoms with Crippen LogP contribution >= 0.6 is 0 Å². The number of urea groups is 1. The zero-order valence-electron chi connectivity index (χ0n) is 10.9. The molecule has 2 amide bonds. The fraction of sp³-hybridized carbons (Fsp3) is 0.833. The molecule has 1 fully saturated rings. The fourth-order valence-corrected chi connectivity index (χ4v) is 1.84. The predicted molar refractivity (Wildman–Crippen MR) is 64.7 cm³/mol. The van der Waals surface area contributed by atoms with Crippen LogP contribution in [0.1, 0.15) is 27.2 Å². The van der Waals surface area contributed by atoms with Gasteiger partial charge in [0.05, 0.1) is 0 Å². The van der Waals surface area contributed by atoms with Crippen molar-refractivity contribution >= 4 is 12.0 Å². The number of amides is 2. The average Bonchev–Trinajstić information content (AvgIpc) is 2.89. The van der Waals surface area contributed by atoms with E-state index in [-0.39, 0.29) is 11.9 Å². The maximum Gasteiger partial charge on any atom is 0.326 e. The summed E-state index contributed by atoms with van der Waals surface area (Å²) < 4.78 is 0. The zero-order valence-corrected chi connectivity index (χ0v) is 10.9. The van der Waals surface area contributed by atoms with Gasteiger partial charge in [-0.1, -0.05) is 20.8 Å². The highest BCUT2D eigenvalue weighted by Gasteiger charge is 2.34. The molecule has 0 aromatic carbocycles. The number of aliphatic carboxylic acids is 1. The molecule has 17 heavy (non-hydrogen) atoms. The first-order valence-corrected chi connectivity index (χ1v) is 6.07. The van der Waals surface area contributed by atoms with Gasteiger partial charge < -0.3 is 15.3 Å². The van der Waals surface area contributed by atoms with Crippen molar-refractivity contribution in [2.24, 2.45) is 17.8 Å². The van der Waals surface area contributed by atoms with Gasteiger partial charge in [-0.05, 0) is 24.2 Å². The Labute approximate surface area is 102 Å². The molecule has 2 N–H and O–H groups in total. The molecule has 0 bridgehead atoms. The van der Waals surface area contributed by atoms with Crippen LogP contribution in [0.3, 0.4) is 0 Å². The van der Waals surface area contributed by atoms with E-state index < -0.39 is 12.0 Å². The summed E-state index contributed by atoms with van der Waals surface area (Å²) in [6.45, 7) is 6.42. The van der Waals surface area contributed by atoms with E-state index in [1.165, 1.54) is 0 Å². The molecule has 1 rings (SSSR count). The standard InChI is InChI=1S/C12H22N2O3/c1-7(2)10(11(15)16)13-12(17)14(4)6-9-5-8(9)3/h7-10H,5-6H2,1-4H3,(H,13,17)(H,15,16). The van der Waals surface area contributed by atoms with Crippen LogP contribution in [0.5, 0.6) is 0 Å². The summed E-state index contributed by atoms with van der Waals surface area (Å²) in [6, 6.07) is -1.12. The van der Waals surface area contributed by atoms with Gasteiger partial charge in [0.2, 0.25) is 0 Å². The first-order valence-electron chi connectivity index (χ1n) is 6.07. The first-order chi connectivity index (χ1) is 7.82. The number of nitrogens with one attached hydrogen (secondary N) is 1. The Morgan fingerprint density at radius 3 is 2.35 bits per heavy atom. The molecule has 0 aromatic rings. The molecule has 5 nitrogen and oxygen atoms in total. The van der Waals surface area contributed by atoms with Crippen LogP contribution in [-0.2, 0) is 4.79 Å². The molecule has 0 aromatic heterocycles. The van der Waals surface area contributed by atoms with Crippen LogP contribution in [0.15, 0.2) is 0 Å². The van der Waals surface area contributed by atoms with Crippen molar-refractivity contribution in [3.63, 3.8) is 0 Å². The summed E-state index contributed by atoms with van der Waals surface area (Å²) in [5.74, 6) is 0.157. The van der Waals surface area contributed by atoms with Gasteiger partial charge in [-0.2, -0.15) is 0 Å². The lowest BCUT2D eigenvalue weighted by Crippen LogP contribution is -2.49. The molecule has 0 saturated heterocycles. The Morgan fingerprint density at radius 2 is 2.00 bits per heavy atom. The van der Waals surface area contributed by atoms with Gasteiger partial charge in [-0.25, -0.2) is 9.59 Å². The van der Waals surface area contributed by atoms with E-state index in [0.717, 1.165) is 6.42 Å². The number of carbonyl (C=O) groups is 2. The Bertz CT molecular complexity index is 304. The van der Waals surface area contributed by atoms with E-state index >= 15 is 0 Å². The van der Waals surface area contributed by atoms with Crippen molar-refractivity contribution in [3.05, 3.63) is 0 Å². The number of carboxylic acid groups (broad SMARTS) is 1. The molecule has 5 heteroatoms. The van der Waals surface area contributed by atoms with E-state index in [2.05, 4.69) is 12.2 Å². The minimum atomic E-state index is -0.985. The van der Waals surface area contributed by atoms with Crippen LogP contribution in [0, 0.1) is 17.8 Å². The quantitative estimate of drug-likeness (QED) is 0.765. The summed E-state index contributed by atoms with van der Waals surface area (Å²) >= 11 is 0. The number of nitrogens with zero attached hydrogens (tertiary/aromatic N) is 1. The Hall–Kier alpha value is -1.26. The second kappa shape index (κ2) is 5.38. The molecule has 0 heterocycles. The van der Waals surface area contributed by atoms with Crippen LogP contribution < -0.4 is 5.32 Å². The topological polar surface area (TPSA) is 69.6 Å². The zero-order chi connectivity index (χ0) is 13.2. The number of rotatable bonds is 5. The molecule has 0 spiro atoms.